The Labute approximate surface area is 131 Å². The van der Waals surface area contributed by atoms with Crippen molar-refractivity contribution >= 4 is 28.8 Å². The zero-order chi connectivity index (χ0) is 15.3. The Hall–Kier alpha value is -1.83. The van der Waals surface area contributed by atoms with E-state index in [4.69, 9.17) is 4.52 Å². The number of hydrogen-bond donors (Lipinski definition) is 0. The molecule has 1 aromatic heterocycles. The molecule has 4 rings (SSSR count). The quantitative estimate of drug-likeness (QED) is 0.838. The fourth-order valence-electron chi connectivity index (χ4n) is 2.97. The standard InChI is InChI=1S/C14H15N3O4S/c18-12-7-22-14(20)17(12)9-3-4-16(6-9)13(19)10-5-11(21-15-10)8-1-2-8/h5,8-9H,1-4,6-7H2. The molecule has 22 heavy (non-hydrogen) atoms. The normalized spacial score (nSPS) is 25.4. The van der Waals surface area contributed by atoms with Crippen LogP contribution in [0.3, 0.4) is 0 Å². The number of likely N-dealkylation sites (tertiary alicyclic amines) is 1. The lowest BCUT2D eigenvalue weighted by Gasteiger charge is -2.21. The van der Waals surface area contributed by atoms with E-state index in [0.29, 0.717) is 31.1 Å². The van der Waals surface area contributed by atoms with Gasteiger partial charge in [0.05, 0.1) is 11.8 Å². The summed E-state index contributed by atoms with van der Waals surface area (Å²) in [4.78, 5) is 38.9. The molecule has 0 spiro atoms. The van der Waals surface area contributed by atoms with Gasteiger partial charge in [0.2, 0.25) is 5.91 Å². The summed E-state index contributed by atoms with van der Waals surface area (Å²) in [7, 11) is 0. The van der Waals surface area contributed by atoms with E-state index >= 15 is 0 Å². The zero-order valence-corrected chi connectivity index (χ0v) is 12.7. The molecular formula is C14H15N3O4S. The summed E-state index contributed by atoms with van der Waals surface area (Å²) >= 11 is 1.03. The molecule has 116 valence electrons. The topological polar surface area (TPSA) is 83.7 Å². The third kappa shape index (κ3) is 2.31. The van der Waals surface area contributed by atoms with Crippen LogP contribution in [0.15, 0.2) is 10.6 Å². The van der Waals surface area contributed by atoms with Crippen LogP contribution in [0.25, 0.3) is 0 Å². The minimum atomic E-state index is -0.214. The van der Waals surface area contributed by atoms with Gasteiger partial charge in [-0.3, -0.25) is 19.3 Å². The monoisotopic (exact) mass is 321 g/mol. The van der Waals surface area contributed by atoms with Gasteiger partial charge in [-0.25, -0.2) is 0 Å². The predicted octanol–water partition coefficient (Wildman–Crippen LogP) is 1.46. The minimum absolute atomic E-state index is 0.160. The first-order valence-corrected chi connectivity index (χ1v) is 8.37. The number of carbonyl (C=O) groups is 3. The summed E-state index contributed by atoms with van der Waals surface area (Å²) in [6.45, 7) is 0.902. The maximum absolute atomic E-state index is 12.4. The lowest BCUT2D eigenvalue weighted by atomic mass is 10.2. The highest BCUT2D eigenvalue weighted by Gasteiger charge is 2.41. The van der Waals surface area contributed by atoms with Crippen LogP contribution in [0.4, 0.5) is 4.79 Å². The molecule has 0 radical (unpaired) electrons. The van der Waals surface area contributed by atoms with Crippen molar-refractivity contribution in [1.82, 2.24) is 15.0 Å². The summed E-state index contributed by atoms with van der Waals surface area (Å²) in [5.74, 6) is 1.05. The molecule has 0 aromatic carbocycles. The smallest absolute Gasteiger partial charge is 0.289 e. The van der Waals surface area contributed by atoms with Gasteiger partial charge < -0.3 is 9.42 Å². The molecule has 1 aromatic rings. The molecule has 3 amide bonds. The van der Waals surface area contributed by atoms with Crippen LogP contribution in [0.5, 0.6) is 0 Å². The average molecular weight is 321 g/mol. The van der Waals surface area contributed by atoms with Crippen molar-refractivity contribution in [2.45, 2.75) is 31.2 Å². The largest absolute Gasteiger partial charge is 0.360 e. The zero-order valence-electron chi connectivity index (χ0n) is 11.9. The highest BCUT2D eigenvalue weighted by atomic mass is 32.2. The molecule has 1 unspecified atom stereocenters. The minimum Gasteiger partial charge on any atom is -0.360 e. The van der Waals surface area contributed by atoms with E-state index in [9.17, 15) is 14.4 Å². The summed E-state index contributed by atoms with van der Waals surface area (Å²) in [6, 6.07) is 1.50. The van der Waals surface area contributed by atoms with Gasteiger partial charge in [0.1, 0.15) is 5.76 Å². The van der Waals surface area contributed by atoms with Crippen molar-refractivity contribution in [2.75, 3.05) is 18.8 Å². The summed E-state index contributed by atoms with van der Waals surface area (Å²) < 4.78 is 5.21. The van der Waals surface area contributed by atoms with E-state index in [1.807, 2.05) is 0 Å². The SMILES string of the molecule is O=C(c1cc(C2CC2)on1)N1CCC(N2C(=O)CSC2=O)C1. The number of carbonyl (C=O) groups excluding carboxylic acids is 3. The first-order chi connectivity index (χ1) is 10.6. The van der Waals surface area contributed by atoms with Gasteiger partial charge in [-0.05, 0) is 19.3 Å². The van der Waals surface area contributed by atoms with Crippen molar-refractivity contribution in [3.8, 4) is 0 Å². The average Bonchev–Trinajstić information content (AvgIpc) is 2.93. The maximum Gasteiger partial charge on any atom is 0.289 e. The molecule has 3 fully saturated rings. The van der Waals surface area contributed by atoms with E-state index in [2.05, 4.69) is 5.16 Å². The molecule has 3 aliphatic rings. The van der Waals surface area contributed by atoms with Crippen LogP contribution in [0.1, 0.15) is 41.4 Å². The predicted molar refractivity (Wildman–Crippen MR) is 77.5 cm³/mol. The van der Waals surface area contributed by atoms with Gasteiger partial charge in [0, 0.05) is 25.1 Å². The van der Waals surface area contributed by atoms with Crippen molar-refractivity contribution in [3.63, 3.8) is 0 Å². The number of thioether (sulfide) groups is 1. The van der Waals surface area contributed by atoms with Gasteiger partial charge in [0.15, 0.2) is 5.69 Å². The number of nitrogens with zero attached hydrogens (tertiary/aromatic N) is 3. The summed E-state index contributed by atoms with van der Waals surface area (Å²) in [5, 5.41) is 3.65. The van der Waals surface area contributed by atoms with Gasteiger partial charge in [-0.15, -0.1) is 0 Å². The molecular weight excluding hydrogens is 306 g/mol. The van der Waals surface area contributed by atoms with E-state index in [0.717, 1.165) is 30.4 Å². The Morgan fingerprint density at radius 3 is 2.82 bits per heavy atom. The van der Waals surface area contributed by atoms with Crippen molar-refractivity contribution < 1.29 is 18.9 Å². The van der Waals surface area contributed by atoms with E-state index in [1.54, 1.807) is 11.0 Å². The highest BCUT2D eigenvalue weighted by Crippen LogP contribution is 2.40. The number of hydrogen-bond acceptors (Lipinski definition) is 6. The van der Waals surface area contributed by atoms with Crippen molar-refractivity contribution in [3.05, 3.63) is 17.5 Å². The third-order valence-corrected chi connectivity index (χ3v) is 5.16. The Morgan fingerprint density at radius 2 is 2.14 bits per heavy atom. The number of aromatic nitrogens is 1. The third-order valence-electron chi connectivity index (χ3n) is 4.33. The van der Waals surface area contributed by atoms with Gasteiger partial charge in [-0.1, -0.05) is 16.9 Å². The Kier molecular flexibility index (Phi) is 3.21. The second-order valence-corrected chi connectivity index (χ2v) is 6.83. The molecule has 7 nitrogen and oxygen atoms in total. The fourth-order valence-corrected chi connectivity index (χ4v) is 3.74. The number of rotatable bonds is 3. The van der Waals surface area contributed by atoms with E-state index < -0.39 is 0 Å². The number of amides is 3. The van der Waals surface area contributed by atoms with Gasteiger partial charge in [-0.2, -0.15) is 0 Å². The second-order valence-electron chi connectivity index (χ2n) is 5.90. The molecule has 1 saturated carbocycles. The maximum atomic E-state index is 12.4. The van der Waals surface area contributed by atoms with Crippen LogP contribution >= 0.6 is 11.8 Å². The molecule has 0 bridgehead atoms. The first-order valence-electron chi connectivity index (χ1n) is 7.38. The van der Waals surface area contributed by atoms with Crippen LogP contribution in [-0.2, 0) is 4.79 Å². The van der Waals surface area contributed by atoms with Crippen LogP contribution < -0.4 is 0 Å². The second kappa shape index (κ2) is 5.12. The summed E-state index contributed by atoms with van der Waals surface area (Å²) in [5.41, 5.74) is 0.316. The molecule has 1 aliphatic carbocycles. The fraction of sp³-hybridized carbons (Fsp3) is 0.571. The van der Waals surface area contributed by atoms with E-state index in [1.165, 1.54) is 4.90 Å². The Morgan fingerprint density at radius 1 is 1.32 bits per heavy atom. The summed E-state index contributed by atoms with van der Waals surface area (Å²) in [6.07, 6.45) is 2.80. The van der Waals surface area contributed by atoms with Crippen LogP contribution in [0, 0.1) is 0 Å². The molecule has 0 N–H and O–H groups in total. The molecule has 1 atom stereocenters. The molecule has 2 saturated heterocycles. The Bertz CT molecular complexity index is 638. The van der Waals surface area contributed by atoms with E-state index in [-0.39, 0.29) is 28.8 Å². The van der Waals surface area contributed by atoms with Crippen molar-refractivity contribution in [2.24, 2.45) is 0 Å². The molecule has 3 heterocycles. The first kappa shape index (κ1) is 13.8. The lowest BCUT2D eigenvalue weighted by molar-refractivity contribution is -0.126. The van der Waals surface area contributed by atoms with Gasteiger partial charge in [0.25, 0.3) is 11.1 Å². The van der Waals surface area contributed by atoms with Crippen LogP contribution in [-0.4, -0.2) is 56.9 Å². The number of imide groups is 1. The molecule has 8 heteroatoms. The highest BCUT2D eigenvalue weighted by molar-refractivity contribution is 8.14. The van der Waals surface area contributed by atoms with Crippen LogP contribution in [0.2, 0.25) is 0 Å². The molecule has 2 aliphatic heterocycles. The van der Waals surface area contributed by atoms with Gasteiger partial charge >= 0.3 is 0 Å². The Balaban J connectivity index is 1.44. The lowest BCUT2D eigenvalue weighted by Crippen LogP contribution is -2.41. The van der Waals surface area contributed by atoms with Crippen molar-refractivity contribution in [1.29, 1.82) is 0 Å².